The van der Waals surface area contributed by atoms with E-state index in [9.17, 15) is 24.0 Å². The lowest BCUT2D eigenvalue weighted by atomic mass is 10.0. The molecule has 0 fully saturated rings. The van der Waals surface area contributed by atoms with Gasteiger partial charge in [0.2, 0.25) is 0 Å². The standard InChI is InChI=1S/C27H22N4O3.C25H17N3O2S/c1-18-23(27(34)31(29(18)2)20-13-7-4-8-14-20)28-26(33)25(32)24-22(19-11-5-3-6-12-19)17-21-15-9-10-16-30(21)24;29-23(24(30)27-19-11-9-18(10-12-19)25-26-13-15-31-25)22-21(17-6-2-1-3-7-17)16-20-8-4-5-14-28(20)22/h3-17H,1-2H3,(H,28,33);1-16H,(H,27,30). The predicted molar refractivity (Wildman–Crippen MR) is 255 cm³/mol. The summed E-state index contributed by atoms with van der Waals surface area (Å²) < 4.78 is 6.57. The first-order valence-electron chi connectivity index (χ1n) is 20.5. The molecule has 6 heterocycles. The van der Waals surface area contributed by atoms with Gasteiger partial charge in [-0.2, -0.15) is 0 Å². The Morgan fingerprint density at radius 1 is 0.569 bits per heavy atom. The maximum Gasteiger partial charge on any atom is 0.298 e. The zero-order valence-corrected chi connectivity index (χ0v) is 35.9. The van der Waals surface area contributed by atoms with Crippen LogP contribution in [0.15, 0.2) is 193 Å². The van der Waals surface area contributed by atoms with Crippen LogP contribution in [0.4, 0.5) is 11.4 Å². The molecule has 2 amide bonds. The summed E-state index contributed by atoms with van der Waals surface area (Å²) >= 11 is 1.54. The van der Waals surface area contributed by atoms with Crippen molar-refractivity contribution < 1.29 is 19.2 Å². The van der Waals surface area contributed by atoms with Crippen LogP contribution in [0.1, 0.15) is 26.7 Å². The number of hydrogen-bond acceptors (Lipinski definition) is 7. The summed E-state index contributed by atoms with van der Waals surface area (Å²) in [5, 5.41) is 8.13. The van der Waals surface area contributed by atoms with E-state index in [4.69, 9.17) is 0 Å². The van der Waals surface area contributed by atoms with Gasteiger partial charge in [-0.05, 0) is 90.8 Å². The van der Waals surface area contributed by atoms with E-state index in [0.29, 0.717) is 28.3 Å². The molecule has 13 heteroatoms. The lowest BCUT2D eigenvalue weighted by molar-refractivity contribution is -0.113. The number of thiazole rings is 1. The van der Waals surface area contributed by atoms with Gasteiger partial charge in [0.05, 0.1) is 11.4 Å². The van der Waals surface area contributed by atoms with E-state index in [2.05, 4.69) is 15.6 Å². The number of hydrogen-bond donors (Lipinski definition) is 2. The Kier molecular flexibility index (Phi) is 11.5. The highest BCUT2D eigenvalue weighted by Gasteiger charge is 2.28. The van der Waals surface area contributed by atoms with Crippen LogP contribution in [0.2, 0.25) is 0 Å². The topological polar surface area (TPSA) is 141 Å². The minimum atomic E-state index is -0.868. The number of nitrogens with one attached hydrogen (secondary N) is 2. The number of anilines is 2. The van der Waals surface area contributed by atoms with Crippen molar-refractivity contribution in [1.82, 2.24) is 23.1 Å². The summed E-state index contributed by atoms with van der Waals surface area (Å²) in [6.45, 7) is 1.73. The van der Waals surface area contributed by atoms with Gasteiger partial charge < -0.3 is 19.4 Å². The minimum absolute atomic E-state index is 0.0758. The summed E-state index contributed by atoms with van der Waals surface area (Å²) in [7, 11) is 1.73. The van der Waals surface area contributed by atoms with Gasteiger partial charge in [-0.15, -0.1) is 11.3 Å². The number of benzene rings is 4. The number of para-hydroxylation sites is 1. The molecule has 0 bridgehead atoms. The Balaban J connectivity index is 0.000000165. The SMILES string of the molecule is Cc1c(NC(=O)C(=O)c2c(-c3ccccc3)cc3ccccn23)c(=O)n(-c2ccccc2)n1C.O=C(Nc1ccc(-c2nccs2)cc1)C(=O)c1c(-c2ccccc2)cc2ccccn12. The quantitative estimate of drug-likeness (QED) is 0.104. The van der Waals surface area contributed by atoms with Gasteiger partial charge in [0.1, 0.15) is 22.1 Å². The van der Waals surface area contributed by atoms with Gasteiger partial charge >= 0.3 is 0 Å². The second-order valence-corrected chi connectivity index (χ2v) is 15.8. The number of carbonyl (C=O) groups excluding carboxylic acids is 4. The van der Waals surface area contributed by atoms with Crippen molar-refractivity contribution in [3.05, 3.63) is 215 Å². The molecule has 0 aliphatic heterocycles. The highest BCUT2D eigenvalue weighted by molar-refractivity contribution is 7.13. The number of aromatic nitrogens is 5. The van der Waals surface area contributed by atoms with Crippen molar-refractivity contribution in [2.75, 3.05) is 10.6 Å². The Morgan fingerprint density at radius 2 is 1.06 bits per heavy atom. The van der Waals surface area contributed by atoms with Crippen molar-refractivity contribution >= 4 is 57.1 Å². The summed E-state index contributed by atoms with van der Waals surface area (Å²) in [4.78, 5) is 70.2. The molecule has 318 valence electrons. The van der Waals surface area contributed by atoms with Crippen LogP contribution in [-0.2, 0) is 16.6 Å². The van der Waals surface area contributed by atoms with Crippen molar-refractivity contribution in [1.29, 1.82) is 0 Å². The monoisotopic (exact) mass is 873 g/mol. The molecule has 0 aliphatic carbocycles. The first-order valence-corrected chi connectivity index (χ1v) is 21.4. The number of nitrogens with zero attached hydrogens (tertiary/aromatic N) is 5. The second-order valence-electron chi connectivity index (χ2n) is 15.0. The molecule has 0 radical (unpaired) electrons. The molecule has 12 nitrogen and oxygen atoms in total. The third kappa shape index (κ3) is 8.22. The molecule has 10 rings (SSSR count). The zero-order chi connectivity index (χ0) is 45.0. The summed E-state index contributed by atoms with van der Waals surface area (Å²) in [6.07, 6.45) is 5.30. The predicted octanol–water partition coefficient (Wildman–Crippen LogP) is 9.78. The Morgan fingerprint density at radius 3 is 1.57 bits per heavy atom. The first kappa shape index (κ1) is 41.7. The van der Waals surface area contributed by atoms with E-state index in [1.807, 2.05) is 139 Å². The average Bonchev–Trinajstić information content (AvgIpc) is 4.15. The van der Waals surface area contributed by atoms with Crippen LogP contribution in [0.5, 0.6) is 0 Å². The maximum absolute atomic E-state index is 13.5. The number of Topliss-reactive ketones (excluding diaryl/α,β-unsaturated/α-hetero) is 2. The molecule has 0 atom stereocenters. The fourth-order valence-corrected chi connectivity index (χ4v) is 8.38. The normalized spacial score (nSPS) is 10.9. The number of amides is 2. The minimum Gasteiger partial charge on any atom is -0.319 e. The third-order valence-electron chi connectivity index (χ3n) is 11.0. The molecule has 0 saturated heterocycles. The molecule has 0 unspecified atom stereocenters. The fraction of sp³-hybridized carbons (Fsp3) is 0.0385. The van der Waals surface area contributed by atoms with E-state index in [1.54, 1.807) is 87.7 Å². The molecule has 4 aromatic carbocycles. The molecular weight excluding hydrogens is 835 g/mol. The summed E-state index contributed by atoms with van der Waals surface area (Å²) in [5.74, 6) is -2.86. The van der Waals surface area contributed by atoms with Crippen LogP contribution in [0, 0.1) is 6.92 Å². The molecule has 65 heavy (non-hydrogen) atoms. The second kappa shape index (κ2) is 18.0. The van der Waals surface area contributed by atoms with Crippen molar-refractivity contribution in [3.8, 4) is 38.5 Å². The smallest absolute Gasteiger partial charge is 0.298 e. The van der Waals surface area contributed by atoms with Gasteiger partial charge in [-0.25, -0.2) is 9.67 Å². The van der Waals surface area contributed by atoms with Gasteiger partial charge in [0.25, 0.3) is 28.9 Å². The van der Waals surface area contributed by atoms with Crippen LogP contribution >= 0.6 is 11.3 Å². The molecule has 0 aliphatic rings. The lowest BCUT2D eigenvalue weighted by Gasteiger charge is -2.08. The Labute approximate surface area is 376 Å². The van der Waals surface area contributed by atoms with Gasteiger partial charge in [0, 0.05) is 64.4 Å². The van der Waals surface area contributed by atoms with Gasteiger partial charge in [0.15, 0.2) is 0 Å². The van der Waals surface area contributed by atoms with Gasteiger partial charge in [-0.1, -0.05) is 91.0 Å². The molecule has 6 aromatic heterocycles. The van der Waals surface area contributed by atoms with Crippen LogP contribution in [0.3, 0.4) is 0 Å². The van der Waals surface area contributed by atoms with Crippen LogP contribution in [-0.4, -0.2) is 46.5 Å². The van der Waals surface area contributed by atoms with Crippen LogP contribution in [0.25, 0.3) is 49.5 Å². The van der Waals surface area contributed by atoms with E-state index < -0.39 is 28.9 Å². The number of ketones is 2. The molecule has 0 saturated carbocycles. The largest absolute Gasteiger partial charge is 0.319 e. The number of carbonyl (C=O) groups is 4. The van der Waals surface area contributed by atoms with Gasteiger partial charge in [-0.3, -0.25) is 28.7 Å². The molecule has 0 spiro atoms. The Bertz CT molecular complexity index is 3420. The van der Waals surface area contributed by atoms with E-state index in [0.717, 1.165) is 38.3 Å². The first-order chi connectivity index (χ1) is 31.7. The van der Waals surface area contributed by atoms with Crippen LogP contribution < -0.4 is 16.2 Å². The summed E-state index contributed by atoms with van der Waals surface area (Å²) in [5.41, 5.74) is 7.71. The average molecular weight is 874 g/mol. The summed E-state index contributed by atoms with van der Waals surface area (Å²) in [6, 6.07) is 50.5. The van der Waals surface area contributed by atoms with Crippen molar-refractivity contribution in [2.24, 2.45) is 7.05 Å². The third-order valence-corrected chi connectivity index (χ3v) is 11.8. The van der Waals surface area contributed by atoms with E-state index in [1.165, 1.54) is 4.68 Å². The van der Waals surface area contributed by atoms with E-state index >= 15 is 0 Å². The van der Waals surface area contributed by atoms with E-state index in [-0.39, 0.29) is 11.4 Å². The molecular formula is C52H39N7O5S. The van der Waals surface area contributed by atoms with Crippen molar-refractivity contribution in [2.45, 2.75) is 6.92 Å². The maximum atomic E-state index is 13.5. The number of fused-ring (bicyclic) bond motifs is 2. The highest BCUT2D eigenvalue weighted by atomic mass is 32.1. The number of rotatable bonds is 10. The lowest BCUT2D eigenvalue weighted by Crippen LogP contribution is -2.28. The van der Waals surface area contributed by atoms with Crippen molar-refractivity contribution in [3.63, 3.8) is 0 Å². The number of pyridine rings is 2. The zero-order valence-electron chi connectivity index (χ0n) is 35.1. The fourth-order valence-electron chi connectivity index (χ4n) is 7.73. The Hall–Kier alpha value is -8.68. The molecule has 2 N–H and O–H groups in total. The molecule has 10 aromatic rings. The highest BCUT2D eigenvalue weighted by Crippen LogP contribution is 2.31.